The molecule has 0 radical (unpaired) electrons. The first-order valence-corrected chi connectivity index (χ1v) is 7.46. The van der Waals surface area contributed by atoms with E-state index in [1.165, 1.54) is 43.5 Å². The summed E-state index contributed by atoms with van der Waals surface area (Å²) in [6.45, 7) is 0. The minimum atomic E-state index is -0.214. The third-order valence-corrected chi connectivity index (χ3v) is 4.10. The lowest BCUT2D eigenvalue weighted by Gasteiger charge is -2.11. The van der Waals surface area contributed by atoms with Crippen molar-refractivity contribution >= 4 is 12.2 Å². The molecule has 104 valence electrons. The molecule has 1 aliphatic rings. The Bertz CT molecular complexity index is 642. The fourth-order valence-corrected chi connectivity index (χ4v) is 3.10. The van der Waals surface area contributed by atoms with Crippen LogP contribution in [0.25, 0.3) is 0 Å². The monoisotopic (exact) mass is 288 g/mol. The first-order chi connectivity index (χ1) is 9.70. The zero-order valence-corrected chi connectivity index (χ0v) is 12.0. The van der Waals surface area contributed by atoms with Crippen molar-refractivity contribution in [3.8, 4) is 0 Å². The Kier molecular flexibility index (Phi) is 3.92. The molecule has 1 saturated carbocycles. The Morgan fingerprint density at radius 3 is 2.60 bits per heavy atom. The molecule has 0 unspecified atom stereocenters. The first kappa shape index (κ1) is 13.4. The molecule has 1 N–H and O–H groups in total. The fraction of sp³-hybridized carbons (Fsp3) is 0.375. The third-order valence-electron chi connectivity index (χ3n) is 3.89. The summed E-state index contributed by atoms with van der Waals surface area (Å²) < 4.78 is 13.6. The Morgan fingerprint density at radius 1 is 1.20 bits per heavy atom. The van der Waals surface area contributed by atoms with Crippen molar-refractivity contribution < 1.29 is 4.39 Å². The summed E-state index contributed by atoms with van der Waals surface area (Å²) in [5.74, 6) is 1.24. The maximum absolute atomic E-state index is 12.9. The number of nitrogens with one attached hydrogen (secondary N) is 1. The zero-order chi connectivity index (χ0) is 13.9. The highest BCUT2D eigenvalue weighted by atomic mass is 32.1. The van der Waals surface area contributed by atoms with Crippen LogP contribution in [-0.4, -0.2) is 9.97 Å². The SMILES string of the molecule is Fc1ccc(Cc2nc(=S)cc(C3CCCC3)[nH]2)cc1. The molecule has 0 amide bonds. The van der Waals surface area contributed by atoms with Gasteiger partial charge in [-0.2, -0.15) is 0 Å². The highest BCUT2D eigenvalue weighted by Crippen LogP contribution is 2.32. The Morgan fingerprint density at radius 2 is 1.90 bits per heavy atom. The average Bonchev–Trinajstić information content (AvgIpc) is 2.95. The van der Waals surface area contributed by atoms with Gasteiger partial charge in [0.2, 0.25) is 0 Å². The Hall–Kier alpha value is -1.55. The van der Waals surface area contributed by atoms with Crippen molar-refractivity contribution in [1.29, 1.82) is 0 Å². The molecule has 1 heterocycles. The number of hydrogen-bond acceptors (Lipinski definition) is 2. The van der Waals surface area contributed by atoms with Gasteiger partial charge in [0, 0.05) is 12.1 Å². The Labute approximate surface area is 123 Å². The predicted molar refractivity (Wildman–Crippen MR) is 79.8 cm³/mol. The van der Waals surface area contributed by atoms with E-state index in [1.807, 2.05) is 6.07 Å². The number of rotatable bonds is 3. The highest BCUT2D eigenvalue weighted by Gasteiger charge is 2.18. The lowest BCUT2D eigenvalue weighted by atomic mass is 10.0. The summed E-state index contributed by atoms with van der Waals surface area (Å²) in [5.41, 5.74) is 2.24. The van der Waals surface area contributed by atoms with Crippen LogP contribution >= 0.6 is 12.2 Å². The second-order valence-corrected chi connectivity index (χ2v) is 5.82. The normalized spacial score (nSPS) is 15.7. The smallest absolute Gasteiger partial charge is 0.130 e. The van der Waals surface area contributed by atoms with Crippen LogP contribution < -0.4 is 0 Å². The second-order valence-electron chi connectivity index (χ2n) is 5.41. The van der Waals surface area contributed by atoms with E-state index >= 15 is 0 Å². The first-order valence-electron chi connectivity index (χ1n) is 7.05. The van der Waals surface area contributed by atoms with Crippen molar-refractivity contribution in [3.05, 3.63) is 57.9 Å². The predicted octanol–water partition coefficient (Wildman–Crippen LogP) is 4.53. The van der Waals surface area contributed by atoms with Gasteiger partial charge in [-0.25, -0.2) is 9.37 Å². The van der Waals surface area contributed by atoms with Gasteiger partial charge in [-0.3, -0.25) is 0 Å². The standard InChI is InChI=1S/C16H17FN2S/c17-13-7-5-11(6-8-13)9-15-18-14(10-16(20)19-15)12-3-1-2-4-12/h5-8,10,12H,1-4,9H2,(H,18,19,20). The van der Waals surface area contributed by atoms with Crippen molar-refractivity contribution in [2.24, 2.45) is 0 Å². The van der Waals surface area contributed by atoms with E-state index in [1.54, 1.807) is 12.1 Å². The number of H-pyrrole nitrogens is 1. The summed E-state index contributed by atoms with van der Waals surface area (Å²) in [6, 6.07) is 8.52. The lowest BCUT2D eigenvalue weighted by molar-refractivity contribution is 0.627. The quantitative estimate of drug-likeness (QED) is 0.841. The minimum absolute atomic E-state index is 0.214. The van der Waals surface area contributed by atoms with E-state index in [4.69, 9.17) is 12.2 Å². The molecule has 2 aromatic rings. The van der Waals surface area contributed by atoms with Gasteiger partial charge in [-0.1, -0.05) is 37.2 Å². The molecule has 0 bridgehead atoms. The number of halogens is 1. The van der Waals surface area contributed by atoms with Crippen molar-refractivity contribution in [2.45, 2.75) is 38.0 Å². The van der Waals surface area contributed by atoms with Crippen LogP contribution in [0.1, 0.15) is 48.7 Å². The summed E-state index contributed by atoms with van der Waals surface area (Å²) in [7, 11) is 0. The van der Waals surface area contributed by atoms with Crippen molar-refractivity contribution in [2.75, 3.05) is 0 Å². The molecular formula is C16H17FN2S. The van der Waals surface area contributed by atoms with E-state index in [0.717, 1.165) is 11.4 Å². The molecule has 3 rings (SSSR count). The number of hydrogen-bond donors (Lipinski definition) is 1. The number of nitrogens with zero attached hydrogens (tertiary/aromatic N) is 1. The Balaban J connectivity index is 1.85. The maximum atomic E-state index is 12.9. The number of aromatic amines is 1. The maximum Gasteiger partial charge on any atom is 0.130 e. The average molecular weight is 288 g/mol. The topological polar surface area (TPSA) is 28.7 Å². The molecular weight excluding hydrogens is 271 g/mol. The second kappa shape index (κ2) is 5.83. The van der Waals surface area contributed by atoms with Crippen LogP contribution in [0.3, 0.4) is 0 Å². The molecule has 1 aromatic carbocycles. The molecule has 20 heavy (non-hydrogen) atoms. The summed E-state index contributed by atoms with van der Waals surface area (Å²) in [4.78, 5) is 7.81. The molecule has 0 spiro atoms. The number of benzene rings is 1. The van der Waals surface area contributed by atoms with E-state index in [9.17, 15) is 4.39 Å². The van der Waals surface area contributed by atoms with Gasteiger partial charge in [-0.15, -0.1) is 0 Å². The van der Waals surface area contributed by atoms with Gasteiger partial charge in [-0.05, 0) is 42.5 Å². The molecule has 2 nitrogen and oxygen atoms in total. The van der Waals surface area contributed by atoms with E-state index in [2.05, 4.69) is 9.97 Å². The molecule has 0 aliphatic heterocycles. The summed E-state index contributed by atoms with van der Waals surface area (Å²) in [6.07, 6.45) is 5.70. The molecule has 0 atom stereocenters. The third kappa shape index (κ3) is 3.12. The van der Waals surface area contributed by atoms with Gasteiger partial charge in [0.1, 0.15) is 16.3 Å². The van der Waals surface area contributed by atoms with Crippen LogP contribution in [0, 0.1) is 10.5 Å². The van der Waals surface area contributed by atoms with Crippen LogP contribution in [0.15, 0.2) is 30.3 Å². The molecule has 0 saturated heterocycles. The van der Waals surface area contributed by atoms with Gasteiger partial charge in [0.05, 0.1) is 0 Å². The van der Waals surface area contributed by atoms with E-state index in [0.29, 0.717) is 17.0 Å². The van der Waals surface area contributed by atoms with Crippen LogP contribution in [0.4, 0.5) is 4.39 Å². The lowest BCUT2D eigenvalue weighted by Crippen LogP contribution is -2.04. The molecule has 1 aliphatic carbocycles. The van der Waals surface area contributed by atoms with Gasteiger partial charge in [0.15, 0.2) is 0 Å². The van der Waals surface area contributed by atoms with Crippen LogP contribution in [0.5, 0.6) is 0 Å². The fourth-order valence-electron chi connectivity index (χ4n) is 2.87. The van der Waals surface area contributed by atoms with Crippen LogP contribution in [0.2, 0.25) is 0 Å². The number of aromatic nitrogens is 2. The summed E-state index contributed by atoms with van der Waals surface area (Å²) >= 11 is 5.27. The van der Waals surface area contributed by atoms with Gasteiger partial charge >= 0.3 is 0 Å². The minimum Gasteiger partial charge on any atom is -0.347 e. The zero-order valence-electron chi connectivity index (χ0n) is 11.2. The van der Waals surface area contributed by atoms with E-state index in [-0.39, 0.29) is 5.82 Å². The molecule has 1 fully saturated rings. The highest BCUT2D eigenvalue weighted by molar-refractivity contribution is 7.71. The van der Waals surface area contributed by atoms with Crippen molar-refractivity contribution in [1.82, 2.24) is 9.97 Å². The van der Waals surface area contributed by atoms with Crippen LogP contribution in [-0.2, 0) is 6.42 Å². The van der Waals surface area contributed by atoms with E-state index < -0.39 is 0 Å². The molecule has 1 aromatic heterocycles. The van der Waals surface area contributed by atoms with Crippen molar-refractivity contribution in [3.63, 3.8) is 0 Å². The molecule has 4 heteroatoms. The largest absolute Gasteiger partial charge is 0.347 e. The summed E-state index contributed by atoms with van der Waals surface area (Å²) in [5, 5.41) is 0. The van der Waals surface area contributed by atoms with Gasteiger partial charge < -0.3 is 4.98 Å². The van der Waals surface area contributed by atoms with Gasteiger partial charge in [0.25, 0.3) is 0 Å².